The fourth-order valence-electron chi connectivity index (χ4n) is 1.70. The van der Waals surface area contributed by atoms with Gasteiger partial charge in [-0.1, -0.05) is 0 Å². The molecule has 0 aliphatic heterocycles. The van der Waals surface area contributed by atoms with Crippen LogP contribution in [0.3, 0.4) is 0 Å². The molecule has 0 unspecified atom stereocenters. The number of hydrogen-bond acceptors (Lipinski definition) is 5. The summed E-state index contributed by atoms with van der Waals surface area (Å²) in [5.74, 6) is -0.331. The first-order chi connectivity index (χ1) is 6.49. The van der Waals surface area contributed by atoms with E-state index in [1.807, 2.05) is 0 Å². The molecule has 0 heterocycles. The van der Waals surface area contributed by atoms with Crippen LogP contribution in [0.5, 0.6) is 0 Å². The number of carbonyl (C=O) groups is 1. The number of rotatable bonds is 2. The summed E-state index contributed by atoms with van der Waals surface area (Å²) in [6.45, 7) is 1.30. The summed E-state index contributed by atoms with van der Waals surface area (Å²) in [6, 6.07) is -0.778. The SMILES string of the molecule is CS[C@H]1[C@H](O)[C@H](O)[C@@H](NC(C)=O)[C@@H]1O. The molecule has 0 aromatic carbocycles. The molecule has 0 aromatic heterocycles. The zero-order valence-electron chi connectivity index (χ0n) is 8.04. The van der Waals surface area contributed by atoms with Gasteiger partial charge in [0.15, 0.2) is 0 Å². The zero-order chi connectivity index (χ0) is 10.9. The number of carbonyl (C=O) groups excluding carboxylic acids is 1. The molecule has 1 rings (SSSR count). The average molecular weight is 221 g/mol. The van der Waals surface area contributed by atoms with Gasteiger partial charge in [0.1, 0.15) is 6.10 Å². The molecule has 1 aliphatic carbocycles. The maximum absolute atomic E-state index is 10.8. The summed E-state index contributed by atoms with van der Waals surface area (Å²) in [4.78, 5) is 10.8. The van der Waals surface area contributed by atoms with E-state index in [-0.39, 0.29) is 5.91 Å². The smallest absolute Gasteiger partial charge is 0.217 e. The molecule has 5 nitrogen and oxygen atoms in total. The summed E-state index contributed by atoms with van der Waals surface area (Å²) in [6.07, 6.45) is -1.29. The first-order valence-corrected chi connectivity index (χ1v) is 5.62. The van der Waals surface area contributed by atoms with Crippen LogP contribution < -0.4 is 5.32 Å². The molecule has 1 saturated carbocycles. The van der Waals surface area contributed by atoms with Gasteiger partial charge < -0.3 is 20.6 Å². The highest BCUT2D eigenvalue weighted by atomic mass is 32.2. The van der Waals surface area contributed by atoms with Crippen molar-refractivity contribution in [3.63, 3.8) is 0 Å². The van der Waals surface area contributed by atoms with E-state index < -0.39 is 29.6 Å². The van der Waals surface area contributed by atoms with Gasteiger partial charge in [0, 0.05) is 6.92 Å². The second kappa shape index (κ2) is 4.48. The number of amides is 1. The Labute approximate surface area is 86.5 Å². The van der Waals surface area contributed by atoms with Gasteiger partial charge in [0.2, 0.25) is 5.91 Å². The summed E-state index contributed by atoms with van der Waals surface area (Å²) in [5.41, 5.74) is 0. The Bertz CT molecular complexity index is 225. The van der Waals surface area contributed by atoms with E-state index >= 15 is 0 Å². The molecule has 5 atom stereocenters. The van der Waals surface area contributed by atoms with Crippen molar-refractivity contribution in [3.8, 4) is 0 Å². The monoisotopic (exact) mass is 221 g/mol. The van der Waals surface area contributed by atoms with Crippen molar-refractivity contribution < 1.29 is 20.1 Å². The van der Waals surface area contributed by atoms with Crippen LogP contribution in [0, 0.1) is 0 Å². The summed E-state index contributed by atoms with van der Waals surface area (Å²) in [5, 5.41) is 30.7. The van der Waals surface area contributed by atoms with Crippen molar-refractivity contribution in [2.75, 3.05) is 6.26 Å². The van der Waals surface area contributed by atoms with Crippen LogP contribution in [0.25, 0.3) is 0 Å². The minimum atomic E-state index is -1.11. The first-order valence-electron chi connectivity index (χ1n) is 4.33. The molecule has 0 aromatic rings. The van der Waals surface area contributed by atoms with Crippen molar-refractivity contribution in [2.45, 2.75) is 36.5 Å². The largest absolute Gasteiger partial charge is 0.390 e. The van der Waals surface area contributed by atoms with E-state index in [1.54, 1.807) is 6.26 Å². The van der Waals surface area contributed by atoms with E-state index in [2.05, 4.69) is 5.32 Å². The summed E-state index contributed by atoms with van der Waals surface area (Å²) in [7, 11) is 0. The lowest BCUT2D eigenvalue weighted by molar-refractivity contribution is -0.121. The van der Waals surface area contributed by atoms with Crippen molar-refractivity contribution in [1.29, 1.82) is 0 Å². The third-order valence-electron chi connectivity index (χ3n) is 2.40. The lowest BCUT2D eigenvalue weighted by Gasteiger charge is -2.19. The van der Waals surface area contributed by atoms with Gasteiger partial charge in [-0.05, 0) is 6.26 Å². The maximum atomic E-state index is 10.8. The summed E-state index contributed by atoms with van der Waals surface area (Å²) < 4.78 is 0. The molecule has 0 radical (unpaired) electrons. The van der Waals surface area contributed by atoms with Crippen LogP contribution in [0.15, 0.2) is 0 Å². The van der Waals surface area contributed by atoms with E-state index in [1.165, 1.54) is 18.7 Å². The maximum Gasteiger partial charge on any atom is 0.217 e. The Balaban J connectivity index is 2.72. The quantitative estimate of drug-likeness (QED) is 0.447. The van der Waals surface area contributed by atoms with E-state index in [0.29, 0.717) is 0 Å². The Morgan fingerprint density at radius 1 is 1.21 bits per heavy atom. The molecule has 14 heavy (non-hydrogen) atoms. The topological polar surface area (TPSA) is 89.8 Å². The Hall–Kier alpha value is -0.300. The van der Waals surface area contributed by atoms with Gasteiger partial charge in [-0.3, -0.25) is 4.79 Å². The van der Waals surface area contributed by atoms with Crippen LogP contribution in [0.4, 0.5) is 0 Å². The number of thioether (sulfide) groups is 1. The Kier molecular flexibility index (Phi) is 3.77. The van der Waals surface area contributed by atoms with Gasteiger partial charge >= 0.3 is 0 Å². The molecular weight excluding hydrogens is 206 g/mol. The van der Waals surface area contributed by atoms with Crippen LogP contribution in [0.1, 0.15) is 6.92 Å². The van der Waals surface area contributed by atoms with Gasteiger partial charge in [-0.2, -0.15) is 11.8 Å². The molecule has 1 aliphatic rings. The van der Waals surface area contributed by atoms with Gasteiger partial charge in [0.25, 0.3) is 0 Å². The third-order valence-corrected chi connectivity index (χ3v) is 3.50. The molecule has 4 N–H and O–H groups in total. The van der Waals surface area contributed by atoms with E-state index in [0.717, 1.165) is 0 Å². The zero-order valence-corrected chi connectivity index (χ0v) is 8.86. The van der Waals surface area contributed by atoms with Gasteiger partial charge in [-0.25, -0.2) is 0 Å². The van der Waals surface area contributed by atoms with Crippen molar-refractivity contribution >= 4 is 17.7 Å². The number of aliphatic hydroxyl groups excluding tert-OH is 3. The molecule has 82 valence electrons. The Morgan fingerprint density at radius 3 is 2.14 bits per heavy atom. The molecule has 1 amide bonds. The Morgan fingerprint density at radius 2 is 1.79 bits per heavy atom. The second-order valence-electron chi connectivity index (χ2n) is 3.40. The van der Waals surface area contributed by atoms with Gasteiger partial charge in [0.05, 0.1) is 23.5 Å². The van der Waals surface area contributed by atoms with Crippen LogP contribution >= 0.6 is 11.8 Å². The molecule has 0 bridgehead atoms. The fourth-order valence-corrected chi connectivity index (χ4v) is 2.59. The minimum absolute atomic E-state index is 0.331. The molecular formula is C8H15NO4S. The van der Waals surface area contributed by atoms with Crippen LogP contribution in [-0.4, -0.2) is 57.1 Å². The molecule has 0 spiro atoms. The van der Waals surface area contributed by atoms with Crippen molar-refractivity contribution in [1.82, 2.24) is 5.32 Å². The second-order valence-corrected chi connectivity index (χ2v) is 4.41. The lowest BCUT2D eigenvalue weighted by atomic mass is 10.2. The number of nitrogens with one attached hydrogen (secondary N) is 1. The predicted octanol–water partition coefficient (Wildman–Crippen LogP) is -1.68. The molecule has 1 fully saturated rings. The third kappa shape index (κ3) is 2.03. The average Bonchev–Trinajstić information content (AvgIpc) is 2.30. The van der Waals surface area contributed by atoms with Gasteiger partial charge in [-0.15, -0.1) is 0 Å². The standard InChI is InChI=1S/C8H15NO4S/c1-3(10)9-4-5(11)7(13)8(14-2)6(4)12/h4-8,11-13H,1-2H3,(H,9,10)/t4-,5-,6+,7-,8-/m1/s1. The summed E-state index contributed by atoms with van der Waals surface area (Å²) >= 11 is 1.27. The lowest BCUT2D eigenvalue weighted by Crippen LogP contribution is -2.47. The highest BCUT2D eigenvalue weighted by molar-refractivity contribution is 7.99. The number of aliphatic hydroxyl groups is 3. The van der Waals surface area contributed by atoms with E-state index in [4.69, 9.17) is 0 Å². The van der Waals surface area contributed by atoms with E-state index in [9.17, 15) is 20.1 Å². The highest BCUT2D eigenvalue weighted by Gasteiger charge is 2.48. The van der Waals surface area contributed by atoms with Crippen molar-refractivity contribution in [3.05, 3.63) is 0 Å². The number of hydrogen-bond donors (Lipinski definition) is 4. The van der Waals surface area contributed by atoms with Crippen molar-refractivity contribution in [2.24, 2.45) is 0 Å². The normalized spacial score (nSPS) is 42.5. The van der Waals surface area contributed by atoms with Crippen LogP contribution in [0.2, 0.25) is 0 Å². The van der Waals surface area contributed by atoms with Crippen LogP contribution in [-0.2, 0) is 4.79 Å². The molecule has 0 saturated heterocycles. The minimum Gasteiger partial charge on any atom is -0.390 e. The molecule has 6 heteroatoms. The highest BCUT2D eigenvalue weighted by Crippen LogP contribution is 2.29. The fraction of sp³-hybridized carbons (Fsp3) is 0.875. The predicted molar refractivity (Wildman–Crippen MR) is 52.9 cm³/mol. The first kappa shape index (κ1) is 11.8.